The monoisotopic (exact) mass is 346 g/mol. The molecule has 1 aliphatic rings. The Bertz CT molecular complexity index is 368. The largest absolute Gasteiger partial charge is 0.379 e. The molecule has 6 nitrogen and oxygen atoms in total. The molecule has 134 valence electrons. The summed E-state index contributed by atoms with van der Waals surface area (Å²) in [5, 5.41) is 0. The number of ether oxygens (including phenoxy) is 2. The Morgan fingerprint density at radius 2 is 1.91 bits per heavy atom. The van der Waals surface area contributed by atoms with Crippen molar-refractivity contribution in [2.75, 3.05) is 26.9 Å². The second kappa shape index (κ2) is 10.6. The third-order valence-corrected chi connectivity index (χ3v) is 5.76. The molecule has 0 aromatic carbocycles. The van der Waals surface area contributed by atoms with Crippen molar-refractivity contribution >= 4 is 8.53 Å². The lowest BCUT2D eigenvalue weighted by Gasteiger charge is -2.36. The highest BCUT2D eigenvalue weighted by atomic mass is 31.2. The molecule has 0 amide bonds. The number of hydrogen-bond donors (Lipinski definition) is 0. The molecule has 1 rings (SSSR count). The minimum Gasteiger partial charge on any atom is -0.379 e. The van der Waals surface area contributed by atoms with E-state index < -0.39 is 8.53 Å². The average molecular weight is 346 g/mol. The molecule has 0 aliphatic carbocycles. The quantitative estimate of drug-likeness (QED) is 0.344. The molecule has 4 unspecified atom stereocenters. The molecule has 1 saturated heterocycles. The average Bonchev–Trinajstić information content (AvgIpc) is 2.84. The van der Waals surface area contributed by atoms with Crippen molar-refractivity contribution < 1.29 is 18.5 Å². The standard InChI is InChI=1S/C16H31N2O4P/c1-12(2)18(13(3)4)23(20-9-8-17-6)21-11-16-15(19-7)10-14(5)22-16/h12-16H,8-11H2,1-5,7H3. The summed E-state index contributed by atoms with van der Waals surface area (Å²) in [5.41, 5.74) is 0. The van der Waals surface area contributed by atoms with Crippen LogP contribution >= 0.6 is 8.53 Å². The fourth-order valence-electron chi connectivity index (χ4n) is 2.76. The zero-order chi connectivity index (χ0) is 17.4. The Kier molecular flexibility index (Phi) is 9.53. The summed E-state index contributed by atoms with van der Waals surface area (Å²) in [5.74, 6) is 0. The van der Waals surface area contributed by atoms with Crippen molar-refractivity contribution in [3.05, 3.63) is 11.4 Å². The van der Waals surface area contributed by atoms with Gasteiger partial charge >= 0.3 is 0 Å². The Hall–Kier alpha value is -0.280. The molecule has 7 heteroatoms. The number of hydrogen-bond acceptors (Lipinski definition) is 5. The van der Waals surface area contributed by atoms with Crippen molar-refractivity contribution in [3.8, 4) is 0 Å². The fourth-order valence-corrected chi connectivity index (χ4v) is 4.37. The highest BCUT2D eigenvalue weighted by molar-refractivity contribution is 7.44. The van der Waals surface area contributed by atoms with Crippen molar-refractivity contribution in [1.82, 2.24) is 4.67 Å². The van der Waals surface area contributed by atoms with Crippen LogP contribution in [0.4, 0.5) is 0 Å². The van der Waals surface area contributed by atoms with E-state index in [1.165, 1.54) is 0 Å². The van der Waals surface area contributed by atoms with Gasteiger partial charge in [0.1, 0.15) is 12.7 Å². The second-order valence-corrected chi connectivity index (χ2v) is 7.77. The van der Waals surface area contributed by atoms with Crippen LogP contribution in [0.3, 0.4) is 0 Å². The van der Waals surface area contributed by atoms with Crippen LogP contribution in [0.25, 0.3) is 4.85 Å². The summed E-state index contributed by atoms with van der Waals surface area (Å²) < 4.78 is 25.6. The van der Waals surface area contributed by atoms with Gasteiger partial charge < -0.3 is 23.4 Å². The lowest BCUT2D eigenvalue weighted by Crippen LogP contribution is -2.35. The predicted octanol–water partition coefficient (Wildman–Crippen LogP) is 3.48. The van der Waals surface area contributed by atoms with Gasteiger partial charge in [0, 0.05) is 25.6 Å². The van der Waals surface area contributed by atoms with Gasteiger partial charge in [-0.2, -0.15) is 0 Å². The van der Waals surface area contributed by atoms with Gasteiger partial charge in [-0.25, -0.2) is 11.2 Å². The summed E-state index contributed by atoms with van der Waals surface area (Å²) in [4.78, 5) is 3.35. The zero-order valence-corrected chi connectivity index (χ0v) is 16.1. The van der Waals surface area contributed by atoms with Crippen LogP contribution in [-0.2, 0) is 18.5 Å². The molecule has 0 aromatic heterocycles. The van der Waals surface area contributed by atoms with Crippen LogP contribution in [-0.4, -0.2) is 61.9 Å². The maximum atomic E-state index is 6.90. The lowest BCUT2D eigenvalue weighted by atomic mass is 10.1. The lowest BCUT2D eigenvalue weighted by molar-refractivity contribution is -0.0276. The van der Waals surface area contributed by atoms with E-state index in [9.17, 15) is 0 Å². The molecule has 0 radical (unpaired) electrons. The van der Waals surface area contributed by atoms with Crippen LogP contribution < -0.4 is 0 Å². The molecule has 1 heterocycles. The van der Waals surface area contributed by atoms with Crippen LogP contribution in [0.2, 0.25) is 0 Å². The summed E-state index contributed by atoms with van der Waals surface area (Å²) in [6.45, 7) is 18.6. The maximum Gasteiger partial charge on any atom is 0.259 e. The van der Waals surface area contributed by atoms with Gasteiger partial charge in [0.05, 0.1) is 18.8 Å². The molecule has 4 atom stereocenters. The van der Waals surface area contributed by atoms with Crippen LogP contribution in [0.15, 0.2) is 0 Å². The first-order valence-corrected chi connectivity index (χ1v) is 9.39. The molecule has 1 fully saturated rings. The van der Waals surface area contributed by atoms with E-state index in [1.807, 2.05) is 0 Å². The van der Waals surface area contributed by atoms with E-state index in [0.29, 0.717) is 31.8 Å². The zero-order valence-electron chi connectivity index (χ0n) is 15.2. The highest BCUT2D eigenvalue weighted by Gasteiger charge is 2.35. The maximum absolute atomic E-state index is 6.90. The van der Waals surface area contributed by atoms with E-state index in [-0.39, 0.29) is 18.3 Å². The van der Waals surface area contributed by atoms with Gasteiger partial charge in [-0.1, -0.05) is 0 Å². The van der Waals surface area contributed by atoms with Crippen LogP contribution in [0.1, 0.15) is 41.0 Å². The van der Waals surface area contributed by atoms with Crippen molar-refractivity contribution in [2.24, 2.45) is 0 Å². The first-order valence-electron chi connectivity index (χ1n) is 8.26. The molecular weight excluding hydrogens is 315 g/mol. The van der Waals surface area contributed by atoms with E-state index in [0.717, 1.165) is 6.42 Å². The molecule has 1 aliphatic heterocycles. The number of methoxy groups -OCH3 is 1. The van der Waals surface area contributed by atoms with Gasteiger partial charge in [-0.3, -0.25) is 0 Å². The molecule has 0 saturated carbocycles. The van der Waals surface area contributed by atoms with E-state index in [4.69, 9.17) is 25.1 Å². The summed E-state index contributed by atoms with van der Waals surface area (Å²) in [6.07, 6.45) is 1.08. The second-order valence-electron chi connectivity index (χ2n) is 6.31. The van der Waals surface area contributed by atoms with Gasteiger partial charge in [0.25, 0.3) is 8.53 Å². The molecule has 23 heavy (non-hydrogen) atoms. The molecule has 0 N–H and O–H groups in total. The Balaban J connectivity index is 2.66. The molecule has 0 bridgehead atoms. The van der Waals surface area contributed by atoms with Gasteiger partial charge in [0.15, 0.2) is 0 Å². The first kappa shape index (κ1) is 20.8. The van der Waals surface area contributed by atoms with Gasteiger partial charge in [-0.05, 0) is 34.6 Å². The molecule has 0 spiro atoms. The van der Waals surface area contributed by atoms with Gasteiger partial charge in [0.2, 0.25) is 6.54 Å². The summed E-state index contributed by atoms with van der Waals surface area (Å²) in [6, 6.07) is 0.603. The normalized spacial score (nSPS) is 26.2. The SMILES string of the molecule is [C-]#[N+]CCOP(OCC1OC(C)CC1OC)N(C(C)C)C(C)C. The third-order valence-electron chi connectivity index (χ3n) is 3.69. The van der Waals surface area contributed by atoms with E-state index in [1.54, 1.807) is 7.11 Å². The Morgan fingerprint density at radius 1 is 1.26 bits per heavy atom. The van der Waals surface area contributed by atoms with Gasteiger partial charge in [-0.15, -0.1) is 0 Å². The van der Waals surface area contributed by atoms with Crippen molar-refractivity contribution in [1.29, 1.82) is 0 Å². The van der Waals surface area contributed by atoms with Crippen LogP contribution in [0, 0.1) is 6.57 Å². The molecule has 0 aromatic rings. The highest BCUT2D eigenvalue weighted by Crippen LogP contribution is 2.46. The number of rotatable bonds is 10. The molecular formula is C16H31N2O4P. The first-order chi connectivity index (χ1) is 10.9. The minimum atomic E-state index is -1.21. The van der Waals surface area contributed by atoms with Crippen molar-refractivity contribution in [2.45, 2.75) is 71.4 Å². The minimum absolute atomic E-state index is 0.0642. The predicted molar refractivity (Wildman–Crippen MR) is 92.2 cm³/mol. The van der Waals surface area contributed by atoms with E-state index in [2.05, 4.69) is 44.1 Å². The third kappa shape index (κ3) is 6.62. The summed E-state index contributed by atoms with van der Waals surface area (Å²) in [7, 11) is 0.496. The Labute approximate surface area is 142 Å². The Morgan fingerprint density at radius 3 is 2.43 bits per heavy atom. The van der Waals surface area contributed by atoms with Crippen molar-refractivity contribution in [3.63, 3.8) is 0 Å². The van der Waals surface area contributed by atoms with Crippen LogP contribution in [0.5, 0.6) is 0 Å². The summed E-state index contributed by atoms with van der Waals surface area (Å²) >= 11 is 0. The smallest absolute Gasteiger partial charge is 0.259 e. The fraction of sp³-hybridized carbons (Fsp3) is 0.938. The number of nitrogens with zero attached hydrogens (tertiary/aromatic N) is 2. The topological polar surface area (TPSA) is 44.5 Å². The van der Waals surface area contributed by atoms with E-state index >= 15 is 0 Å².